The Bertz CT molecular complexity index is 805. The summed E-state index contributed by atoms with van der Waals surface area (Å²) in [4.78, 5) is 3.56. The van der Waals surface area contributed by atoms with Crippen LogP contribution in [-0.4, -0.2) is 28.0 Å². The number of aliphatic hydroxyl groups is 1. The lowest BCUT2D eigenvalue weighted by Crippen LogP contribution is -2.53. The SMILES string of the molecule is [NH-]/N=C\N(N)CC(O)(c1ccc(F)cc1F)C(F)(F)c1ccc(Br)cn1. The maximum absolute atomic E-state index is 15.1. The van der Waals surface area contributed by atoms with Crippen LogP contribution in [0.5, 0.6) is 0 Å². The number of nitrogens with one attached hydrogen (secondary N) is 1. The summed E-state index contributed by atoms with van der Waals surface area (Å²) in [5, 5.41) is 14.1. The maximum Gasteiger partial charge on any atom is 0.323 e. The molecule has 0 amide bonds. The van der Waals surface area contributed by atoms with Crippen LogP contribution in [0.3, 0.4) is 0 Å². The monoisotopic (exact) mass is 434 g/mol. The van der Waals surface area contributed by atoms with Crippen LogP contribution in [0.15, 0.2) is 46.1 Å². The third-order valence-corrected chi connectivity index (χ3v) is 4.03. The number of hydrogen-bond acceptors (Lipinski definition) is 4. The van der Waals surface area contributed by atoms with E-state index in [-0.39, 0.29) is 0 Å². The topological polar surface area (TPSA) is 98.5 Å². The van der Waals surface area contributed by atoms with Crippen LogP contribution < -0.4 is 5.84 Å². The fourth-order valence-corrected chi connectivity index (χ4v) is 2.57. The second-order valence-electron chi connectivity index (χ2n) is 5.34. The molecule has 0 aliphatic carbocycles. The number of nitrogens with two attached hydrogens (primary N) is 1. The van der Waals surface area contributed by atoms with Gasteiger partial charge in [0.1, 0.15) is 17.3 Å². The molecule has 140 valence electrons. The molecule has 1 aromatic heterocycles. The number of benzene rings is 1. The Labute approximate surface area is 154 Å². The van der Waals surface area contributed by atoms with Gasteiger partial charge in [-0.1, -0.05) is 0 Å². The number of rotatable bonds is 6. The van der Waals surface area contributed by atoms with Gasteiger partial charge < -0.3 is 16.1 Å². The van der Waals surface area contributed by atoms with E-state index in [0.29, 0.717) is 28.0 Å². The van der Waals surface area contributed by atoms with Crippen molar-refractivity contribution in [2.45, 2.75) is 11.5 Å². The predicted octanol–water partition coefficient (Wildman–Crippen LogP) is 3.27. The summed E-state index contributed by atoms with van der Waals surface area (Å²) in [7, 11) is 0. The van der Waals surface area contributed by atoms with Gasteiger partial charge in [0.25, 0.3) is 0 Å². The van der Waals surface area contributed by atoms with Crippen LogP contribution in [0.1, 0.15) is 11.3 Å². The van der Waals surface area contributed by atoms with E-state index in [1.54, 1.807) is 0 Å². The third-order valence-electron chi connectivity index (χ3n) is 3.56. The van der Waals surface area contributed by atoms with Gasteiger partial charge >= 0.3 is 5.92 Å². The fraction of sp³-hybridized carbons (Fsp3) is 0.200. The molecule has 0 bridgehead atoms. The predicted molar refractivity (Wildman–Crippen MR) is 89.8 cm³/mol. The Balaban J connectivity index is 2.64. The number of aromatic nitrogens is 1. The van der Waals surface area contributed by atoms with Crippen molar-refractivity contribution in [2.75, 3.05) is 6.54 Å². The van der Waals surface area contributed by atoms with Crippen LogP contribution in [0, 0.1) is 11.6 Å². The lowest BCUT2D eigenvalue weighted by Gasteiger charge is -2.38. The molecule has 0 saturated carbocycles. The van der Waals surface area contributed by atoms with Crippen molar-refractivity contribution in [3.05, 3.63) is 69.7 Å². The van der Waals surface area contributed by atoms with Gasteiger partial charge in [0.2, 0.25) is 0 Å². The van der Waals surface area contributed by atoms with Gasteiger partial charge in [-0.15, -0.1) is 0 Å². The summed E-state index contributed by atoms with van der Waals surface area (Å²) in [5.74, 6) is 5.61. The fourth-order valence-electron chi connectivity index (χ4n) is 2.33. The largest absolute Gasteiger partial charge is 0.615 e. The summed E-state index contributed by atoms with van der Waals surface area (Å²) in [6.45, 7) is -1.05. The average Bonchev–Trinajstić information content (AvgIpc) is 2.55. The molecular formula is C15H13BrF4N5O-. The molecule has 26 heavy (non-hydrogen) atoms. The van der Waals surface area contributed by atoms with E-state index < -0.39 is 41.0 Å². The second kappa shape index (κ2) is 7.56. The molecule has 0 radical (unpaired) electrons. The molecule has 2 aromatic rings. The smallest absolute Gasteiger partial charge is 0.323 e. The lowest BCUT2D eigenvalue weighted by atomic mass is 9.84. The number of alkyl halides is 2. The van der Waals surface area contributed by atoms with Gasteiger partial charge in [-0.3, -0.25) is 9.99 Å². The first-order chi connectivity index (χ1) is 12.1. The van der Waals surface area contributed by atoms with E-state index in [4.69, 9.17) is 11.7 Å². The molecule has 0 saturated heterocycles. The van der Waals surface area contributed by atoms with E-state index in [0.717, 1.165) is 18.3 Å². The zero-order valence-corrected chi connectivity index (χ0v) is 14.6. The number of pyridine rings is 1. The van der Waals surface area contributed by atoms with Crippen LogP contribution in [-0.2, 0) is 11.5 Å². The minimum Gasteiger partial charge on any atom is -0.615 e. The van der Waals surface area contributed by atoms with Crippen molar-refractivity contribution in [1.29, 1.82) is 0 Å². The molecule has 0 aliphatic rings. The minimum absolute atomic E-state index is 0.366. The molecule has 1 unspecified atom stereocenters. The Morgan fingerprint density at radius 2 is 2.00 bits per heavy atom. The lowest BCUT2D eigenvalue weighted by molar-refractivity contribution is -0.203. The summed E-state index contributed by atoms with van der Waals surface area (Å²) in [5.41, 5.74) is -4.98. The van der Waals surface area contributed by atoms with Gasteiger partial charge in [0, 0.05) is 22.3 Å². The first-order valence-corrected chi connectivity index (χ1v) is 7.80. The van der Waals surface area contributed by atoms with Crippen LogP contribution in [0.25, 0.3) is 5.84 Å². The van der Waals surface area contributed by atoms with Crippen molar-refractivity contribution in [3.63, 3.8) is 0 Å². The summed E-state index contributed by atoms with van der Waals surface area (Å²) in [6, 6.07) is 4.00. The average molecular weight is 435 g/mol. The highest BCUT2D eigenvalue weighted by atomic mass is 79.9. The molecule has 11 heteroatoms. The van der Waals surface area contributed by atoms with Crippen LogP contribution in [0.4, 0.5) is 17.6 Å². The second-order valence-corrected chi connectivity index (χ2v) is 6.25. The van der Waals surface area contributed by atoms with E-state index in [1.165, 1.54) is 6.07 Å². The van der Waals surface area contributed by atoms with Gasteiger partial charge in [0.15, 0.2) is 5.60 Å². The van der Waals surface area contributed by atoms with Crippen molar-refractivity contribution < 1.29 is 22.7 Å². The highest BCUT2D eigenvalue weighted by molar-refractivity contribution is 9.10. The standard InChI is InChI=1S/C15H13BrF4N5O/c16-9-1-4-13(23-6-9)15(19,20)14(26,7-25(22)8-24-21)11-3-2-10(17)5-12(11)18/h1-6,8,21,26H,7,22H2/q-1/b24-8-. The molecule has 2 rings (SSSR count). The quantitative estimate of drug-likeness (QED) is 0.239. The van der Waals surface area contributed by atoms with Crippen molar-refractivity contribution in [1.82, 2.24) is 9.99 Å². The van der Waals surface area contributed by atoms with Crippen molar-refractivity contribution in [3.8, 4) is 0 Å². The van der Waals surface area contributed by atoms with Crippen molar-refractivity contribution in [2.24, 2.45) is 10.9 Å². The Morgan fingerprint density at radius 3 is 2.54 bits per heavy atom. The first-order valence-electron chi connectivity index (χ1n) is 7.01. The molecule has 4 N–H and O–H groups in total. The normalized spacial score (nSPS) is 14.4. The van der Waals surface area contributed by atoms with E-state index in [1.807, 2.05) is 0 Å². The zero-order valence-electron chi connectivity index (χ0n) is 13.0. The van der Waals surface area contributed by atoms with Crippen molar-refractivity contribution >= 4 is 22.3 Å². The maximum atomic E-state index is 15.1. The summed E-state index contributed by atoms with van der Waals surface area (Å²) >= 11 is 3.05. The van der Waals surface area contributed by atoms with Crippen LogP contribution >= 0.6 is 15.9 Å². The Kier molecular flexibility index (Phi) is 5.84. The van der Waals surface area contributed by atoms with Gasteiger partial charge in [0.05, 0.1) is 12.9 Å². The molecule has 6 nitrogen and oxygen atoms in total. The zero-order chi connectivity index (χ0) is 19.5. The van der Waals surface area contributed by atoms with Gasteiger partial charge in [-0.05, 0) is 40.2 Å². The summed E-state index contributed by atoms with van der Waals surface area (Å²) in [6.07, 6.45) is 1.73. The Hall–Kier alpha value is -2.24. The number of halogens is 5. The molecule has 0 aliphatic heterocycles. The minimum atomic E-state index is -4.13. The molecule has 0 spiro atoms. The van der Waals surface area contributed by atoms with E-state index >= 15 is 8.78 Å². The molecule has 0 fully saturated rings. The van der Waals surface area contributed by atoms with Gasteiger partial charge in [-0.2, -0.15) is 8.78 Å². The van der Waals surface area contributed by atoms with Crippen LogP contribution in [0.2, 0.25) is 0 Å². The van der Waals surface area contributed by atoms with E-state index in [2.05, 4.69) is 26.0 Å². The highest BCUT2D eigenvalue weighted by Crippen LogP contribution is 2.46. The van der Waals surface area contributed by atoms with Gasteiger partial charge in [-0.25, -0.2) is 14.6 Å². The molecule has 1 aromatic carbocycles. The third kappa shape index (κ3) is 3.79. The molecule has 1 atom stereocenters. The van der Waals surface area contributed by atoms with E-state index in [9.17, 15) is 13.9 Å². The highest BCUT2D eigenvalue weighted by Gasteiger charge is 2.58. The Morgan fingerprint density at radius 1 is 1.31 bits per heavy atom. The summed E-state index contributed by atoms with van der Waals surface area (Å²) < 4.78 is 58.1. The molecular weight excluding hydrogens is 422 g/mol. The number of hydrazine groups is 1. The first kappa shape index (κ1) is 20.1. The number of nitrogens with zero attached hydrogens (tertiary/aromatic N) is 3. The number of hydrogen-bond donors (Lipinski definition) is 2. The molecule has 1 heterocycles.